The van der Waals surface area contributed by atoms with E-state index in [2.05, 4.69) is 5.32 Å². The van der Waals surface area contributed by atoms with Crippen LogP contribution in [0.15, 0.2) is 0 Å². The minimum atomic E-state index is -1.08. The maximum absolute atomic E-state index is 12.7. The second-order valence-electron chi connectivity index (χ2n) is 3.06. The molecule has 1 fully saturated rings. The Kier molecular flexibility index (Phi) is 5.01. The zero-order chi connectivity index (χ0) is 8.43. The van der Waals surface area contributed by atoms with E-state index >= 15 is 0 Å². The first-order valence-electron chi connectivity index (χ1n) is 3.84. The first-order chi connectivity index (χ1) is 5.13. The average molecular weight is 200 g/mol. The van der Waals surface area contributed by atoms with E-state index in [9.17, 15) is 9.50 Å². The van der Waals surface area contributed by atoms with Gasteiger partial charge in [-0.05, 0) is 6.92 Å². The second-order valence-corrected chi connectivity index (χ2v) is 3.06. The zero-order valence-electron chi connectivity index (χ0n) is 6.90. The average Bonchev–Trinajstić information content (AvgIpc) is 1.94. The molecule has 0 spiro atoms. The quantitative estimate of drug-likeness (QED) is 0.544. The van der Waals surface area contributed by atoms with E-state index in [1.54, 1.807) is 0 Å². The smallest absolute Gasteiger partial charge is 0.104 e. The van der Waals surface area contributed by atoms with Crippen molar-refractivity contribution >= 4 is 12.4 Å². The van der Waals surface area contributed by atoms with Crippen LogP contribution in [0.4, 0.5) is 4.39 Å². The standard InChI is InChI=1S/C7H14FNO2.ClH/c1-4(8)5-2-9-3-6(10)7(5)11;/h4-7,9-11H,2-3H2,1H3;1H/t4-,5+,6-,7-;/m1./s1. The number of piperidine rings is 1. The molecule has 0 aliphatic carbocycles. The van der Waals surface area contributed by atoms with E-state index in [1.807, 2.05) is 0 Å². The summed E-state index contributed by atoms with van der Waals surface area (Å²) in [4.78, 5) is 0. The lowest BCUT2D eigenvalue weighted by atomic mass is 9.91. The summed E-state index contributed by atoms with van der Waals surface area (Å²) in [5, 5.41) is 21.2. The van der Waals surface area contributed by atoms with Crippen LogP contribution in [0.3, 0.4) is 0 Å². The highest BCUT2D eigenvalue weighted by Crippen LogP contribution is 2.17. The van der Waals surface area contributed by atoms with Gasteiger partial charge in [-0.2, -0.15) is 0 Å². The van der Waals surface area contributed by atoms with Crippen LogP contribution in [0.25, 0.3) is 0 Å². The third-order valence-corrected chi connectivity index (χ3v) is 2.16. The van der Waals surface area contributed by atoms with Gasteiger partial charge in [0.05, 0.1) is 12.2 Å². The minimum Gasteiger partial charge on any atom is -0.390 e. The van der Waals surface area contributed by atoms with Gasteiger partial charge in [0, 0.05) is 19.0 Å². The summed E-state index contributed by atoms with van der Waals surface area (Å²) in [7, 11) is 0. The van der Waals surface area contributed by atoms with Gasteiger partial charge in [0.25, 0.3) is 0 Å². The van der Waals surface area contributed by atoms with Gasteiger partial charge < -0.3 is 15.5 Å². The molecule has 0 unspecified atom stereocenters. The summed E-state index contributed by atoms with van der Waals surface area (Å²) < 4.78 is 12.7. The Morgan fingerprint density at radius 3 is 2.42 bits per heavy atom. The molecule has 3 nitrogen and oxygen atoms in total. The SMILES string of the molecule is C[C@@H](F)[C@@H]1CNC[C@@H](O)[C@@H]1O.Cl. The van der Waals surface area contributed by atoms with E-state index in [0.717, 1.165) is 0 Å². The van der Waals surface area contributed by atoms with E-state index in [0.29, 0.717) is 13.1 Å². The molecule has 3 N–H and O–H groups in total. The third kappa shape index (κ3) is 2.55. The normalized spacial score (nSPS) is 38.5. The van der Waals surface area contributed by atoms with E-state index in [-0.39, 0.29) is 12.4 Å². The Balaban J connectivity index is 0.00000121. The van der Waals surface area contributed by atoms with Crippen LogP contribution in [-0.4, -0.2) is 41.7 Å². The molecule has 0 saturated carbocycles. The number of aliphatic hydroxyl groups excluding tert-OH is 2. The first-order valence-corrected chi connectivity index (χ1v) is 3.84. The fourth-order valence-electron chi connectivity index (χ4n) is 1.36. The number of rotatable bonds is 1. The molecule has 1 heterocycles. The maximum atomic E-state index is 12.7. The number of hydrogen-bond acceptors (Lipinski definition) is 3. The number of aliphatic hydroxyl groups is 2. The van der Waals surface area contributed by atoms with Gasteiger partial charge in [-0.15, -0.1) is 12.4 Å². The van der Waals surface area contributed by atoms with Gasteiger partial charge in [-0.3, -0.25) is 0 Å². The first kappa shape index (κ1) is 12.1. The molecule has 4 atom stereocenters. The number of β-amino-alcohol motifs (C(OH)–C–C–N with tert-alkyl or cyclic N) is 1. The monoisotopic (exact) mass is 199 g/mol. The van der Waals surface area contributed by atoms with Crippen molar-refractivity contribution in [2.24, 2.45) is 5.92 Å². The molecule has 1 aliphatic heterocycles. The van der Waals surface area contributed by atoms with Crippen molar-refractivity contribution in [2.75, 3.05) is 13.1 Å². The Bertz CT molecular complexity index is 137. The molecule has 0 aromatic heterocycles. The minimum absolute atomic E-state index is 0. The summed E-state index contributed by atoms with van der Waals surface area (Å²) in [5.41, 5.74) is 0. The van der Waals surface area contributed by atoms with Gasteiger partial charge in [-0.1, -0.05) is 0 Å². The van der Waals surface area contributed by atoms with Gasteiger partial charge >= 0.3 is 0 Å². The van der Waals surface area contributed by atoms with E-state index in [1.165, 1.54) is 6.92 Å². The fraction of sp³-hybridized carbons (Fsp3) is 1.00. The number of alkyl halides is 1. The molecule has 1 saturated heterocycles. The van der Waals surface area contributed by atoms with Gasteiger partial charge in [-0.25, -0.2) is 4.39 Å². The van der Waals surface area contributed by atoms with Crippen LogP contribution in [0.2, 0.25) is 0 Å². The summed E-state index contributed by atoms with van der Waals surface area (Å²) >= 11 is 0. The lowest BCUT2D eigenvalue weighted by molar-refractivity contribution is -0.0543. The molecular formula is C7H15ClFNO2. The van der Waals surface area contributed by atoms with Crippen LogP contribution >= 0.6 is 12.4 Å². The highest BCUT2D eigenvalue weighted by molar-refractivity contribution is 5.85. The highest BCUT2D eigenvalue weighted by Gasteiger charge is 2.33. The largest absolute Gasteiger partial charge is 0.390 e. The summed E-state index contributed by atoms with van der Waals surface area (Å²) in [5.74, 6) is -0.473. The fourth-order valence-corrected chi connectivity index (χ4v) is 1.36. The molecule has 12 heavy (non-hydrogen) atoms. The highest BCUT2D eigenvalue weighted by atomic mass is 35.5. The molecule has 0 aromatic carbocycles. The van der Waals surface area contributed by atoms with Crippen molar-refractivity contribution in [1.82, 2.24) is 5.32 Å². The Hall–Kier alpha value is 0.1000. The van der Waals surface area contributed by atoms with Crippen LogP contribution < -0.4 is 5.32 Å². The lowest BCUT2D eigenvalue weighted by Gasteiger charge is -2.33. The summed E-state index contributed by atoms with van der Waals surface area (Å²) in [6, 6.07) is 0. The van der Waals surface area contributed by atoms with Gasteiger partial charge in [0.15, 0.2) is 0 Å². The van der Waals surface area contributed by atoms with Crippen molar-refractivity contribution in [3.8, 4) is 0 Å². The van der Waals surface area contributed by atoms with Crippen LogP contribution in [0, 0.1) is 5.92 Å². The van der Waals surface area contributed by atoms with Crippen LogP contribution in [0.1, 0.15) is 6.92 Å². The number of halogens is 2. The topological polar surface area (TPSA) is 52.5 Å². The Morgan fingerprint density at radius 2 is 2.00 bits per heavy atom. The van der Waals surface area contributed by atoms with Crippen molar-refractivity contribution < 1.29 is 14.6 Å². The van der Waals surface area contributed by atoms with Crippen molar-refractivity contribution in [1.29, 1.82) is 0 Å². The van der Waals surface area contributed by atoms with Crippen LogP contribution in [0.5, 0.6) is 0 Å². The van der Waals surface area contributed by atoms with Gasteiger partial charge in [0.1, 0.15) is 6.17 Å². The van der Waals surface area contributed by atoms with Crippen LogP contribution in [-0.2, 0) is 0 Å². The molecule has 74 valence electrons. The Morgan fingerprint density at radius 1 is 1.42 bits per heavy atom. The van der Waals surface area contributed by atoms with Crippen molar-refractivity contribution in [2.45, 2.75) is 25.3 Å². The molecule has 1 rings (SSSR count). The lowest BCUT2D eigenvalue weighted by Crippen LogP contribution is -2.52. The van der Waals surface area contributed by atoms with Crippen molar-refractivity contribution in [3.05, 3.63) is 0 Å². The predicted octanol–water partition coefficient (Wildman–Crippen LogP) is -0.293. The second kappa shape index (κ2) is 4.97. The molecular weight excluding hydrogens is 185 g/mol. The summed E-state index contributed by atoms with van der Waals surface area (Å²) in [6.07, 6.45) is -2.82. The Labute approximate surface area is 77.4 Å². The number of nitrogens with one attached hydrogen (secondary N) is 1. The van der Waals surface area contributed by atoms with E-state index < -0.39 is 24.3 Å². The van der Waals surface area contributed by atoms with Crippen molar-refractivity contribution in [3.63, 3.8) is 0 Å². The molecule has 0 aromatic rings. The molecule has 0 radical (unpaired) electrons. The molecule has 0 bridgehead atoms. The molecule has 1 aliphatic rings. The number of hydrogen-bond donors (Lipinski definition) is 3. The van der Waals surface area contributed by atoms with E-state index in [4.69, 9.17) is 5.11 Å². The maximum Gasteiger partial charge on any atom is 0.104 e. The molecule has 0 amide bonds. The summed E-state index contributed by atoms with van der Waals surface area (Å²) in [6.45, 7) is 2.19. The van der Waals surface area contributed by atoms with Gasteiger partial charge in [0.2, 0.25) is 0 Å². The predicted molar refractivity (Wildman–Crippen MR) is 46.2 cm³/mol. The zero-order valence-corrected chi connectivity index (χ0v) is 7.72. The molecule has 5 heteroatoms. The third-order valence-electron chi connectivity index (χ3n) is 2.16.